The predicted molar refractivity (Wildman–Crippen MR) is 149 cm³/mol. The van der Waals surface area contributed by atoms with Gasteiger partial charge in [0.2, 0.25) is 5.95 Å². The van der Waals surface area contributed by atoms with Crippen LogP contribution in [-0.4, -0.2) is 67.4 Å². The molecule has 10 nitrogen and oxygen atoms in total. The SMILES string of the molecule is C=CCn1c(=O)c2cnc(Nc3ccc(N4CCC5(CCN(C)CC5)CC4)cc3)nc2n1-c1cncnc1. The third-order valence-corrected chi connectivity index (χ3v) is 8.13. The predicted octanol–water partition coefficient (Wildman–Crippen LogP) is 3.61. The molecule has 1 spiro atoms. The van der Waals surface area contributed by atoms with E-state index in [9.17, 15) is 4.79 Å². The highest BCUT2D eigenvalue weighted by Crippen LogP contribution is 2.42. The highest BCUT2D eigenvalue weighted by molar-refractivity contribution is 5.77. The van der Waals surface area contributed by atoms with Crippen molar-refractivity contribution in [3.05, 3.63) is 72.2 Å². The Morgan fingerprint density at radius 3 is 2.34 bits per heavy atom. The summed E-state index contributed by atoms with van der Waals surface area (Å²) in [6, 6.07) is 8.43. The fourth-order valence-electron chi connectivity index (χ4n) is 5.76. The van der Waals surface area contributed by atoms with Crippen LogP contribution in [0.5, 0.6) is 0 Å². The summed E-state index contributed by atoms with van der Waals surface area (Å²) >= 11 is 0. The van der Waals surface area contributed by atoms with E-state index in [1.807, 2.05) is 0 Å². The summed E-state index contributed by atoms with van der Waals surface area (Å²) in [4.78, 5) is 35.3. The maximum absolute atomic E-state index is 13.0. The maximum atomic E-state index is 13.0. The minimum absolute atomic E-state index is 0.191. The van der Waals surface area contributed by atoms with Crippen molar-refractivity contribution in [2.24, 2.45) is 5.41 Å². The first-order valence-corrected chi connectivity index (χ1v) is 13.2. The van der Waals surface area contributed by atoms with Gasteiger partial charge in [-0.25, -0.2) is 24.3 Å². The molecule has 0 radical (unpaired) electrons. The van der Waals surface area contributed by atoms with Crippen LogP contribution in [0.3, 0.4) is 0 Å². The van der Waals surface area contributed by atoms with Crippen molar-refractivity contribution in [1.82, 2.24) is 34.2 Å². The number of anilines is 3. The van der Waals surface area contributed by atoms with Crippen LogP contribution >= 0.6 is 0 Å². The van der Waals surface area contributed by atoms with Crippen LogP contribution in [-0.2, 0) is 6.54 Å². The molecule has 5 heterocycles. The van der Waals surface area contributed by atoms with E-state index in [1.165, 1.54) is 50.8 Å². The molecule has 3 aromatic heterocycles. The number of aromatic nitrogens is 6. The quantitative estimate of drug-likeness (QED) is 0.392. The van der Waals surface area contributed by atoms with Crippen molar-refractivity contribution in [3.8, 4) is 5.69 Å². The Morgan fingerprint density at radius 2 is 1.66 bits per heavy atom. The van der Waals surface area contributed by atoms with E-state index in [2.05, 4.69) is 68.0 Å². The van der Waals surface area contributed by atoms with E-state index in [0.29, 0.717) is 34.6 Å². The Labute approximate surface area is 221 Å². The zero-order chi connectivity index (χ0) is 26.1. The summed E-state index contributed by atoms with van der Waals surface area (Å²) in [5, 5.41) is 3.72. The lowest BCUT2D eigenvalue weighted by Gasteiger charge is -2.46. The summed E-state index contributed by atoms with van der Waals surface area (Å²) in [6.07, 6.45) is 13.2. The van der Waals surface area contributed by atoms with Crippen molar-refractivity contribution >= 4 is 28.4 Å². The van der Waals surface area contributed by atoms with Crippen LogP contribution < -0.4 is 15.8 Å². The molecular weight excluding hydrogens is 478 g/mol. The van der Waals surface area contributed by atoms with E-state index in [4.69, 9.17) is 4.98 Å². The second kappa shape index (κ2) is 10.0. The number of hydrogen-bond acceptors (Lipinski definition) is 8. The number of likely N-dealkylation sites (tertiary alicyclic amines) is 1. The molecule has 0 atom stereocenters. The summed E-state index contributed by atoms with van der Waals surface area (Å²) in [5.41, 5.74) is 3.60. The van der Waals surface area contributed by atoms with E-state index in [-0.39, 0.29) is 5.56 Å². The second-order valence-corrected chi connectivity index (χ2v) is 10.5. The lowest BCUT2D eigenvalue weighted by molar-refractivity contribution is 0.0945. The van der Waals surface area contributed by atoms with Crippen molar-refractivity contribution in [3.63, 3.8) is 0 Å². The van der Waals surface area contributed by atoms with Gasteiger partial charge in [-0.05, 0) is 75.5 Å². The monoisotopic (exact) mass is 511 g/mol. The normalized spacial score (nSPS) is 17.7. The van der Waals surface area contributed by atoms with E-state index < -0.39 is 0 Å². The molecule has 2 aliphatic heterocycles. The molecule has 0 bridgehead atoms. The number of fused-ring (bicyclic) bond motifs is 1. The number of nitrogens with zero attached hydrogens (tertiary/aromatic N) is 8. The number of hydrogen-bond donors (Lipinski definition) is 1. The second-order valence-electron chi connectivity index (χ2n) is 10.5. The fourth-order valence-corrected chi connectivity index (χ4v) is 5.76. The molecule has 10 heteroatoms. The lowest BCUT2D eigenvalue weighted by Crippen LogP contribution is -2.46. The van der Waals surface area contributed by atoms with Crippen LogP contribution in [0.4, 0.5) is 17.3 Å². The minimum Gasteiger partial charge on any atom is -0.371 e. The molecule has 38 heavy (non-hydrogen) atoms. The molecular formula is C28H33N9O. The third-order valence-electron chi connectivity index (χ3n) is 8.13. The topological polar surface area (TPSA) is 97.0 Å². The van der Waals surface area contributed by atoms with Gasteiger partial charge in [-0.3, -0.25) is 4.79 Å². The molecule has 0 amide bonds. The highest BCUT2D eigenvalue weighted by Gasteiger charge is 2.36. The van der Waals surface area contributed by atoms with E-state index in [1.54, 1.807) is 34.0 Å². The fraction of sp³-hybridized carbons (Fsp3) is 0.393. The van der Waals surface area contributed by atoms with E-state index in [0.717, 1.165) is 18.8 Å². The molecule has 196 valence electrons. The van der Waals surface area contributed by atoms with Gasteiger partial charge in [0.1, 0.15) is 17.4 Å². The summed E-state index contributed by atoms with van der Waals surface area (Å²) in [7, 11) is 2.23. The number of allylic oxidation sites excluding steroid dienone is 1. The number of piperidine rings is 2. The molecule has 0 unspecified atom stereocenters. The van der Waals surface area contributed by atoms with Gasteiger partial charge in [0.25, 0.3) is 5.56 Å². The Hall–Kier alpha value is -4.05. The molecule has 1 aromatic carbocycles. The molecule has 2 saturated heterocycles. The first kappa shape index (κ1) is 24.3. The maximum Gasteiger partial charge on any atom is 0.278 e. The lowest BCUT2D eigenvalue weighted by atomic mass is 9.71. The summed E-state index contributed by atoms with van der Waals surface area (Å²) < 4.78 is 3.26. The zero-order valence-corrected chi connectivity index (χ0v) is 21.8. The van der Waals surface area contributed by atoms with Crippen LogP contribution in [0.1, 0.15) is 25.7 Å². The van der Waals surface area contributed by atoms with Crippen LogP contribution in [0.15, 0.2) is 66.6 Å². The van der Waals surface area contributed by atoms with Crippen molar-refractivity contribution < 1.29 is 0 Å². The first-order valence-electron chi connectivity index (χ1n) is 13.2. The van der Waals surface area contributed by atoms with Gasteiger partial charge in [-0.15, -0.1) is 6.58 Å². The smallest absolute Gasteiger partial charge is 0.278 e. The summed E-state index contributed by atoms with van der Waals surface area (Å²) in [6.45, 7) is 8.77. The van der Waals surface area contributed by atoms with Crippen molar-refractivity contribution in [2.75, 3.05) is 43.4 Å². The van der Waals surface area contributed by atoms with Gasteiger partial charge >= 0.3 is 0 Å². The average Bonchev–Trinajstić information content (AvgIpc) is 3.22. The summed E-state index contributed by atoms with van der Waals surface area (Å²) in [5.74, 6) is 0.411. The number of benzene rings is 1. The molecule has 2 fully saturated rings. The Kier molecular flexibility index (Phi) is 6.40. The van der Waals surface area contributed by atoms with Gasteiger partial charge in [-0.1, -0.05) is 6.08 Å². The molecule has 4 aromatic rings. The molecule has 2 aliphatic rings. The van der Waals surface area contributed by atoms with Gasteiger partial charge in [0.05, 0.1) is 18.9 Å². The van der Waals surface area contributed by atoms with Crippen molar-refractivity contribution in [1.29, 1.82) is 0 Å². The molecule has 0 aliphatic carbocycles. The molecule has 6 rings (SSSR count). The van der Waals surface area contributed by atoms with Gasteiger partial charge in [0.15, 0.2) is 5.65 Å². The Balaban J connectivity index is 1.20. The average molecular weight is 512 g/mol. The first-order chi connectivity index (χ1) is 18.5. The number of nitrogens with one attached hydrogen (secondary N) is 1. The van der Waals surface area contributed by atoms with E-state index >= 15 is 0 Å². The third kappa shape index (κ3) is 4.56. The van der Waals surface area contributed by atoms with Crippen molar-refractivity contribution in [2.45, 2.75) is 32.2 Å². The van der Waals surface area contributed by atoms with Crippen LogP contribution in [0.2, 0.25) is 0 Å². The zero-order valence-electron chi connectivity index (χ0n) is 21.8. The standard InChI is InChI=1S/C28H33N9O/c1-3-12-36-26(38)24-19-31-27(33-25(24)37(36)23-17-29-20-30-18-23)32-21-4-6-22(7-5-21)35-15-10-28(11-16-35)8-13-34(2)14-9-28/h3-7,17-20H,1,8-16H2,2H3,(H,31,32,33). The highest BCUT2D eigenvalue weighted by atomic mass is 16.1. The van der Waals surface area contributed by atoms with Gasteiger partial charge < -0.3 is 15.1 Å². The van der Waals surface area contributed by atoms with Crippen LogP contribution in [0, 0.1) is 5.41 Å². The number of rotatable bonds is 6. The Bertz CT molecular complexity index is 1470. The van der Waals surface area contributed by atoms with Gasteiger partial charge in [0, 0.05) is 30.7 Å². The Morgan fingerprint density at radius 1 is 0.974 bits per heavy atom. The largest absolute Gasteiger partial charge is 0.371 e. The van der Waals surface area contributed by atoms with Crippen LogP contribution in [0.25, 0.3) is 16.7 Å². The van der Waals surface area contributed by atoms with Gasteiger partial charge in [-0.2, -0.15) is 4.98 Å². The molecule has 1 N–H and O–H groups in total. The molecule has 0 saturated carbocycles. The minimum atomic E-state index is -0.191.